The largest absolute Gasteiger partial charge is 0.392 e. The number of nitrogens with zero attached hydrogens (tertiary/aromatic N) is 1. The number of aliphatic hydroxyl groups is 1. The van der Waals surface area contributed by atoms with Gasteiger partial charge in [-0.25, -0.2) is 0 Å². The van der Waals surface area contributed by atoms with Crippen molar-refractivity contribution in [1.82, 2.24) is 5.32 Å². The first-order valence-electron chi connectivity index (χ1n) is 6.51. The summed E-state index contributed by atoms with van der Waals surface area (Å²) >= 11 is 6.03. The van der Waals surface area contributed by atoms with Gasteiger partial charge in [-0.15, -0.1) is 0 Å². The van der Waals surface area contributed by atoms with E-state index in [1.54, 1.807) is 13.1 Å². The summed E-state index contributed by atoms with van der Waals surface area (Å²) in [7, 11) is 1.67. The Hall–Kier alpha value is -1.26. The third-order valence-corrected chi connectivity index (χ3v) is 3.83. The van der Waals surface area contributed by atoms with E-state index in [-0.39, 0.29) is 18.4 Å². The average Bonchev–Trinajstić information content (AvgIpc) is 2.46. The van der Waals surface area contributed by atoms with Crippen LogP contribution < -0.4 is 10.2 Å². The molecule has 1 unspecified atom stereocenters. The molecular formula is C14H19ClN2O2. The maximum Gasteiger partial charge on any atom is 0.224 e. The molecule has 5 heteroatoms. The van der Waals surface area contributed by atoms with Gasteiger partial charge in [0.25, 0.3) is 0 Å². The number of amides is 1. The Balaban J connectivity index is 2.21. The van der Waals surface area contributed by atoms with Gasteiger partial charge in [0.1, 0.15) is 0 Å². The molecule has 2 N–H and O–H groups in total. The summed E-state index contributed by atoms with van der Waals surface area (Å²) in [4.78, 5) is 13.9. The predicted octanol–water partition coefficient (Wildman–Crippen LogP) is 1.79. The SMILES string of the molecule is CNC(=O)C1CCCN(c2cc(Cl)ccc2CO)C1. The Bertz CT molecular complexity index is 465. The fraction of sp³-hybridized carbons (Fsp3) is 0.500. The third-order valence-electron chi connectivity index (χ3n) is 3.60. The third kappa shape index (κ3) is 3.19. The van der Waals surface area contributed by atoms with Crippen LogP contribution in [0.4, 0.5) is 5.69 Å². The fourth-order valence-electron chi connectivity index (χ4n) is 2.58. The van der Waals surface area contributed by atoms with E-state index >= 15 is 0 Å². The van der Waals surface area contributed by atoms with Crippen LogP contribution in [0.3, 0.4) is 0 Å². The number of anilines is 1. The first-order valence-corrected chi connectivity index (χ1v) is 6.89. The molecule has 2 rings (SSSR count). The van der Waals surface area contributed by atoms with E-state index in [2.05, 4.69) is 10.2 Å². The fourth-order valence-corrected chi connectivity index (χ4v) is 2.75. The summed E-state index contributed by atoms with van der Waals surface area (Å²) in [5.74, 6) is 0.0848. The zero-order valence-electron chi connectivity index (χ0n) is 11.0. The highest BCUT2D eigenvalue weighted by Gasteiger charge is 2.26. The Labute approximate surface area is 118 Å². The van der Waals surface area contributed by atoms with Crippen LogP contribution in [0.25, 0.3) is 0 Å². The molecule has 1 aromatic rings. The van der Waals surface area contributed by atoms with Crippen LogP contribution in [-0.4, -0.2) is 31.2 Å². The second-order valence-electron chi connectivity index (χ2n) is 4.83. The minimum Gasteiger partial charge on any atom is -0.392 e. The highest BCUT2D eigenvalue weighted by molar-refractivity contribution is 6.30. The number of carbonyl (C=O) groups is 1. The van der Waals surface area contributed by atoms with Gasteiger partial charge in [-0.3, -0.25) is 4.79 Å². The normalized spacial score (nSPS) is 19.3. The zero-order chi connectivity index (χ0) is 13.8. The van der Waals surface area contributed by atoms with Gasteiger partial charge in [-0.05, 0) is 25.0 Å². The molecule has 0 aliphatic carbocycles. The maximum absolute atomic E-state index is 11.8. The minimum atomic E-state index is -0.0202. The van der Waals surface area contributed by atoms with E-state index in [9.17, 15) is 9.90 Å². The summed E-state index contributed by atoms with van der Waals surface area (Å²) in [5.41, 5.74) is 1.78. The zero-order valence-corrected chi connectivity index (χ0v) is 11.8. The number of hydrogen-bond donors (Lipinski definition) is 2. The number of nitrogens with one attached hydrogen (secondary N) is 1. The number of aliphatic hydroxyl groups excluding tert-OH is 1. The summed E-state index contributed by atoms with van der Waals surface area (Å²) in [5, 5.41) is 12.8. The molecular weight excluding hydrogens is 264 g/mol. The molecule has 104 valence electrons. The summed E-state index contributed by atoms with van der Waals surface area (Å²) in [6.45, 7) is 1.54. The van der Waals surface area contributed by atoms with E-state index < -0.39 is 0 Å². The molecule has 0 radical (unpaired) electrons. The lowest BCUT2D eigenvalue weighted by Gasteiger charge is -2.34. The molecule has 19 heavy (non-hydrogen) atoms. The van der Waals surface area contributed by atoms with Gasteiger partial charge in [0.15, 0.2) is 0 Å². The first kappa shape index (κ1) is 14.2. The molecule has 1 amide bonds. The molecule has 1 atom stereocenters. The van der Waals surface area contributed by atoms with E-state index in [1.807, 2.05) is 12.1 Å². The molecule has 0 aromatic heterocycles. The van der Waals surface area contributed by atoms with Gasteiger partial charge < -0.3 is 15.3 Å². The van der Waals surface area contributed by atoms with E-state index in [1.165, 1.54) is 0 Å². The van der Waals surface area contributed by atoms with E-state index in [0.29, 0.717) is 11.6 Å². The Morgan fingerprint density at radius 3 is 3.05 bits per heavy atom. The van der Waals surface area contributed by atoms with Crippen LogP contribution in [0, 0.1) is 5.92 Å². The smallest absolute Gasteiger partial charge is 0.224 e. The van der Waals surface area contributed by atoms with Crippen molar-refractivity contribution in [3.8, 4) is 0 Å². The average molecular weight is 283 g/mol. The molecule has 1 heterocycles. The molecule has 1 aromatic carbocycles. The number of hydrogen-bond acceptors (Lipinski definition) is 3. The second-order valence-corrected chi connectivity index (χ2v) is 5.27. The number of halogens is 1. The highest BCUT2D eigenvalue weighted by Crippen LogP contribution is 2.29. The molecule has 1 aliphatic heterocycles. The number of piperidine rings is 1. The van der Waals surface area contributed by atoms with Crippen molar-refractivity contribution in [3.05, 3.63) is 28.8 Å². The van der Waals surface area contributed by atoms with Gasteiger partial charge in [-0.2, -0.15) is 0 Å². The lowest BCUT2D eigenvalue weighted by molar-refractivity contribution is -0.124. The number of carbonyl (C=O) groups excluding carboxylic acids is 1. The molecule has 0 spiro atoms. The molecule has 0 bridgehead atoms. The predicted molar refractivity (Wildman–Crippen MR) is 76.4 cm³/mol. The molecule has 1 aliphatic rings. The van der Waals surface area contributed by atoms with Crippen LogP contribution in [0.15, 0.2) is 18.2 Å². The van der Waals surface area contributed by atoms with Gasteiger partial charge in [0.2, 0.25) is 5.91 Å². The monoisotopic (exact) mass is 282 g/mol. The quantitative estimate of drug-likeness (QED) is 0.889. The molecule has 1 saturated heterocycles. The van der Waals surface area contributed by atoms with Crippen LogP contribution >= 0.6 is 11.6 Å². The van der Waals surface area contributed by atoms with Gasteiger partial charge in [-0.1, -0.05) is 17.7 Å². The van der Waals surface area contributed by atoms with Crippen molar-refractivity contribution >= 4 is 23.2 Å². The van der Waals surface area contributed by atoms with Crippen molar-refractivity contribution in [2.24, 2.45) is 5.92 Å². The second kappa shape index (κ2) is 6.26. The van der Waals surface area contributed by atoms with Crippen molar-refractivity contribution in [3.63, 3.8) is 0 Å². The Morgan fingerprint density at radius 1 is 1.58 bits per heavy atom. The van der Waals surface area contributed by atoms with Crippen LogP contribution in [-0.2, 0) is 11.4 Å². The van der Waals surface area contributed by atoms with Crippen molar-refractivity contribution < 1.29 is 9.90 Å². The Kier molecular flexibility index (Phi) is 4.66. The lowest BCUT2D eigenvalue weighted by atomic mass is 9.96. The summed E-state index contributed by atoms with van der Waals surface area (Å²) < 4.78 is 0. The maximum atomic E-state index is 11.8. The molecule has 0 saturated carbocycles. The lowest BCUT2D eigenvalue weighted by Crippen LogP contribution is -2.42. The van der Waals surface area contributed by atoms with E-state index in [0.717, 1.165) is 30.6 Å². The minimum absolute atomic E-state index is 0.00396. The van der Waals surface area contributed by atoms with Gasteiger partial charge in [0, 0.05) is 36.4 Å². The van der Waals surface area contributed by atoms with Crippen LogP contribution in [0.5, 0.6) is 0 Å². The summed E-state index contributed by atoms with van der Waals surface area (Å²) in [6.07, 6.45) is 1.88. The molecule has 4 nitrogen and oxygen atoms in total. The topological polar surface area (TPSA) is 52.6 Å². The van der Waals surface area contributed by atoms with Gasteiger partial charge in [0.05, 0.1) is 12.5 Å². The van der Waals surface area contributed by atoms with Gasteiger partial charge >= 0.3 is 0 Å². The number of rotatable bonds is 3. The number of benzene rings is 1. The van der Waals surface area contributed by atoms with E-state index in [4.69, 9.17) is 11.6 Å². The standard InChI is InChI=1S/C14H19ClN2O2/c1-16-14(19)10-3-2-6-17(8-10)13-7-12(15)5-4-11(13)9-18/h4-5,7,10,18H,2-3,6,8-9H2,1H3,(H,16,19). The van der Waals surface area contributed by atoms with Crippen molar-refractivity contribution in [1.29, 1.82) is 0 Å². The summed E-state index contributed by atoms with van der Waals surface area (Å²) in [6, 6.07) is 5.47. The first-order chi connectivity index (χ1) is 9.15. The van der Waals surface area contributed by atoms with Crippen LogP contribution in [0.2, 0.25) is 5.02 Å². The van der Waals surface area contributed by atoms with Crippen LogP contribution in [0.1, 0.15) is 18.4 Å². The van der Waals surface area contributed by atoms with Crippen molar-refractivity contribution in [2.75, 3.05) is 25.0 Å². The van der Waals surface area contributed by atoms with Crippen molar-refractivity contribution in [2.45, 2.75) is 19.4 Å². The highest BCUT2D eigenvalue weighted by atomic mass is 35.5. The Morgan fingerprint density at radius 2 is 2.37 bits per heavy atom. The molecule has 1 fully saturated rings.